The Morgan fingerprint density at radius 1 is 1.00 bits per heavy atom. The van der Waals surface area contributed by atoms with Gasteiger partial charge in [0.2, 0.25) is 0 Å². The minimum absolute atomic E-state index is 0.151. The van der Waals surface area contributed by atoms with Gasteiger partial charge in [-0.05, 0) is 0 Å². The Bertz CT molecular complexity index is 1320. The van der Waals surface area contributed by atoms with Gasteiger partial charge in [0, 0.05) is 0 Å². The molecule has 2 aliphatic rings. The number of fused-ring (bicyclic) bond motifs is 2. The Morgan fingerprint density at radius 3 is 2.44 bits per heavy atom. The van der Waals surface area contributed by atoms with Gasteiger partial charge in [0.05, 0.1) is 0 Å². The van der Waals surface area contributed by atoms with E-state index < -0.39 is 26.3 Å². The molecule has 0 aliphatic carbocycles. The Balaban J connectivity index is 1.70. The van der Waals surface area contributed by atoms with Crippen LogP contribution < -0.4 is 4.90 Å². The summed E-state index contributed by atoms with van der Waals surface area (Å²) in [5.74, 6) is -0.736. The van der Waals surface area contributed by atoms with Gasteiger partial charge in [0.1, 0.15) is 0 Å². The average Bonchev–Trinajstić information content (AvgIpc) is 3.21. The van der Waals surface area contributed by atoms with Crippen molar-refractivity contribution in [2.45, 2.75) is 19.3 Å². The van der Waals surface area contributed by atoms with Gasteiger partial charge >= 0.3 is 211 Å². The van der Waals surface area contributed by atoms with Crippen LogP contribution in [0.1, 0.15) is 28.6 Å². The van der Waals surface area contributed by atoms with Crippen LogP contribution in [-0.4, -0.2) is 70.4 Å². The number of hydrogen-bond donors (Lipinski definition) is 0. The third kappa shape index (κ3) is 3.40. The van der Waals surface area contributed by atoms with Gasteiger partial charge in [-0.15, -0.1) is 0 Å². The molecular weight excluding hydrogens is 629 g/mol. The van der Waals surface area contributed by atoms with Crippen molar-refractivity contribution < 1.29 is 9.59 Å². The number of rotatable bonds is 2. The Labute approximate surface area is 210 Å². The number of amides is 2. The van der Waals surface area contributed by atoms with Crippen LogP contribution >= 0.6 is 0 Å². The SMILES string of the molecule is CN1C(=O)/C(=C/c2cc3c([te]2)N(c2ccccc2)c2ccccc2C3(C)C)C(=O)N=C1[Te]. The summed E-state index contributed by atoms with van der Waals surface area (Å²) in [5, 5.41) is 0. The number of para-hydroxylation sites is 2. The summed E-state index contributed by atoms with van der Waals surface area (Å²) in [6.07, 6.45) is 1.78. The fraction of sp³-hybridized carbons (Fsp3) is 0.160. The third-order valence-electron chi connectivity index (χ3n) is 5.98. The quantitative estimate of drug-likeness (QED) is 0.242. The summed E-state index contributed by atoms with van der Waals surface area (Å²) in [5.41, 5.74) is 4.83. The second-order valence-corrected chi connectivity index (χ2v) is 12.4. The fourth-order valence-electron chi connectivity index (χ4n) is 4.22. The van der Waals surface area contributed by atoms with Gasteiger partial charge < -0.3 is 0 Å². The number of anilines is 3. The first-order valence-corrected chi connectivity index (χ1v) is 13.7. The average molecular weight is 650 g/mol. The summed E-state index contributed by atoms with van der Waals surface area (Å²) in [6.45, 7) is 4.50. The molecule has 5 rings (SSSR count). The molecule has 0 saturated carbocycles. The summed E-state index contributed by atoms with van der Waals surface area (Å²) in [4.78, 5) is 33.1. The number of nitrogens with zero attached hydrogens (tertiary/aromatic N) is 3. The minimum atomic E-state index is -0.836. The molecule has 5 nitrogen and oxygen atoms in total. The van der Waals surface area contributed by atoms with Crippen LogP contribution in [0, 0.1) is 0 Å². The van der Waals surface area contributed by atoms with Gasteiger partial charge in [-0.3, -0.25) is 0 Å². The van der Waals surface area contributed by atoms with Gasteiger partial charge in [-0.25, -0.2) is 0 Å². The molecule has 159 valence electrons. The molecule has 0 unspecified atom stereocenters. The molecule has 0 spiro atoms. The molecule has 3 heterocycles. The second kappa shape index (κ2) is 8.01. The maximum atomic E-state index is 12.8. The predicted octanol–water partition coefficient (Wildman–Crippen LogP) is 3.76. The van der Waals surface area contributed by atoms with Crippen LogP contribution in [0.3, 0.4) is 0 Å². The van der Waals surface area contributed by atoms with E-state index in [9.17, 15) is 9.59 Å². The van der Waals surface area contributed by atoms with E-state index in [2.05, 4.69) is 78.3 Å². The Hall–Kier alpha value is -2.15. The first-order chi connectivity index (χ1) is 15.3. The molecule has 32 heavy (non-hydrogen) atoms. The molecule has 3 aromatic rings. The van der Waals surface area contributed by atoms with Crippen molar-refractivity contribution in [3.8, 4) is 0 Å². The number of carbonyl (C=O) groups is 2. The number of likely N-dealkylation sites (N-methyl/N-ethyl adjacent to an activating group) is 1. The summed E-state index contributed by atoms with van der Waals surface area (Å²) in [6, 6.07) is 21.1. The monoisotopic (exact) mass is 654 g/mol. The van der Waals surface area contributed by atoms with Crippen LogP contribution in [-0.2, 0) is 15.0 Å². The van der Waals surface area contributed by atoms with Gasteiger partial charge in [-0.2, -0.15) is 0 Å². The maximum absolute atomic E-state index is 12.8. The number of amidine groups is 1. The third-order valence-corrected chi connectivity index (χ3v) is 10.1. The topological polar surface area (TPSA) is 53.0 Å². The molecule has 2 amide bonds. The number of aliphatic imine (C=N–C) groups is 1. The van der Waals surface area contributed by atoms with E-state index in [-0.39, 0.29) is 16.9 Å². The molecule has 2 aliphatic heterocycles. The van der Waals surface area contributed by atoms with Crippen molar-refractivity contribution in [2.75, 3.05) is 11.9 Å². The molecule has 0 atom stereocenters. The van der Waals surface area contributed by atoms with Crippen molar-refractivity contribution in [3.63, 3.8) is 0 Å². The standard InChI is InChI=1S/C25H20N3O2Te2/c1-25(2)18-11-7-8-12-20(18)28(15-9-5-4-6-10-15)23-19(25)14-16(32-23)13-17-21(29)26-24(31)27(3)22(17)30/h4-14H,1-3H3/b17-13+. The van der Waals surface area contributed by atoms with E-state index in [0.717, 1.165) is 9.27 Å². The Morgan fingerprint density at radius 2 is 1.69 bits per heavy atom. The second-order valence-electron chi connectivity index (χ2n) is 8.30. The molecular formula is C25H20N3O2Te2. The van der Waals surface area contributed by atoms with Crippen molar-refractivity contribution in [3.05, 3.63) is 80.9 Å². The first kappa shape index (κ1) is 21.7. The predicted molar refractivity (Wildman–Crippen MR) is 129 cm³/mol. The van der Waals surface area contributed by atoms with Crippen molar-refractivity contribution in [1.29, 1.82) is 0 Å². The number of hydrogen-bond acceptors (Lipinski definition) is 3. The van der Waals surface area contributed by atoms with E-state index in [0.29, 0.717) is 3.88 Å². The molecule has 1 radical (unpaired) electrons. The van der Waals surface area contributed by atoms with Crippen LogP contribution in [0.5, 0.6) is 0 Å². The van der Waals surface area contributed by atoms with Crippen LogP contribution in [0.4, 0.5) is 15.1 Å². The van der Waals surface area contributed by atoms with Crippen LogP contribution in [0.25, 0.3) is 6.08 Å². The van der Waals surface area contributed by atoms with Crippen molar-refractivity contribution in [1.82, 2.24) is 4.90 Å². The normalized spacial score (nSPS) is 18.5. The van der Waals surface area contributed by atoms with Crippen LogP contribution in [0.15, 0.2) is 71.2 Å². The fourth-order valence-corrected chi connectivity index (χ4v) is 8.39. The molecule has 0 fully saturated rings. The number of benzene rings is 2. The summed E-state index contributed by atoms with van der Waals surface area (Å²) < 4.78 is 2.82. The van der Waals surface area contributed by atoms with Crippen molar-refractivity contribution >= 4 is 79.6 Å². The zero-order valence-electron chi connectivity index (χ0n) is 17.8. The van der Waals surface area contributed by atoms with E-state index in [1.807, 2.05) is 6.07 Å². The van der Waals surface area contributed by atoms with E-state index in [1.165, 1.54) is 25.4 Å². The van der Waals surface area contributed by atoms with Gasteiger partial charge in [0.15, 0.2) is 0 Å². The Kier molecular flexibility index (Phi) is 5.43. The molecule has 2 aromatic carbocycles. The zero-order valence-corrected chi connectivity index (χ0v) is 22.5. The zero-order chi connectivity index (χ0) is 22.6. The van der Waals surface area contributed by atoms with Gasteiger partial charge in [0.25, 0.3) is 0 Å². The number of carbonyl (C=O) groups excluding carboxylic acids is 2. The molecule has 0 bridgehead atoms. The summed E-state index contributed by atoms with van der Waals surface area (Å²) >= 11 is 0.758. The molecule has 7 heteroatoms. The van der Waals surface area contributed by atoms with Crippen molar-refractivity contribution in [2.24, 2.45) is 4.99 Å². The first-order valence-electron chi connectivity index (χ1n) is 10.2. The van der Waals surface area contributed by atoms with Crippen LogP contribution in [0.2, 0.25) is 0 Å². The molecule has 0 N–H and O–H groups in total. The van der Waals surface area contributed by atoms with E-state index >= 15 is 0 Å². The van der Waals surface area contributed by atoms with E-state index in [1.54, 1.807) is 35.4 Å². The summed E-state index contributed by atoms with van der Waals surface area (Å²) in [7, 11) is 1.66. The molecule has 1 aromatic heterocycles. The molecule has 0 saturated heterocycles. The van der Waals surface area contributed by atoms with Gasteiger partial charge in [-0.1, -0.05) is 0 Å². The van der Waals surface area contributed by atoms with E-state index in [4.69, 9.17) is 0 Å².